The molecule has 2 aromatic rings. The fourth-order valence-corrected chi connectivity index (χ4v) is 1.70. The number of aromatic nitrogens is 2. The van der Waals surface area contributed by atoms with Gasteiger partial charge >= 0.3 is 5.97 Å². The number of nitrogens with zero attached hydrogens (tertiary/aromatic N) is 2. The number of benzene rings is 1. The zero-order chi connectivity index (χ0) is 11.7. The Balaban J connectivity index is 2.62. The highest BCUT2D eigenvalue weighted by Crippen LogP contribution is 2.19. The van der Waals surface area contributed by atoms with Gasteiger partial charge in [0.25, 0.3) is 0 Å². The summed E-state index contributed by atoms with van der Waals surface area (Å²) in [6.45, 7) is 4.08. The van der Waals surface area contributed by atoms with E-state index in [0.717, 1.165) is 11.3 Å². The Morgan fingerprint density at radius 1 is 1.50 bits per heavy atom. The van der Waals surface area contributed by atoms with Gasteiger partial charge in [-0.2, -0.15) is 0 Å². The summed E-state index contributed by atoms with van der Waals surface area (Å²) < 4.78 is 6.95. The molecular formula is C12H14N2O2. The van der Waals surface area contributed by atoms with Gasteiger partial charge in [-0.25, -0.2) is 9.78 Å². The van der Waals surface area contributed by atoms with Crippen LogP contribution in [0.1, 0.15) is 23.1 Å². The third-order valence-electron chi connectivity index (χ3n) is 2.63. The molecule has 0 aliphatic heterocycles. The smallest absolute Gasteiger partial charge is 0.340 e. The van der Waals surface area contributed by atoms with Gasteiger partial charge in [-0.3, -0.25) is 0 Å². The highest BCUT2D eigenvalue weighted by atomic mass is 16.5. The monoisotopic (exact) mass is 218 g/mol. The molecule has 4 nitrogen and oxygen atoms in total. The maximum atomic E-state index is 11.7. The van der Waals surface area contributed by atoms with Crippen LogP contribution in [-0.4, -0.2) is 22.1 Å². The highest BCUT2D eigenvalue weighted by Gasteiger charge is 2.14. The number of carbonyl (C=O) groups excluding carboxylic acids is 1. The van der Waals surface area contributed by atoms with Gasteiger partial charge in [-0.1, -0.05) is 6.07 Å². The molecule has 0 N–H and O–H groups in total. The van der Waals surface area contributed by atoms with Crippen molar-refractivity contribution in [2.75, 3.05) is 6.61 Å². The van der Waals surface area contributed by atoms with Gasteiger partial charge in [-0.15, -0.1) is 0 Å². The molecule has 16 heavy (non-hydrogen) atoms. The van der Waals surface area contributed by atoms with Crippen molar-refractivity contribution in [3.05, 3.63) is 29.6 Å². The minimum atomic E-state index is -0.314. The fourth-order valence-electron chi connectivity index (χ4n) is 1.70. The van der Waals surface area contributed by atoms with Crippen LogP contribution in [0.3, 0.4) is 0 Å². The third-order valence-corrected chi connectivity index (χ3v) is 2.63. The van der Waals surface area contributed by atoms with Crippen LogP contribution in [0.4, 0.5) is 0 Å². The summed E-state index contributed by atoms with van der Waals surface area (Å²) in [5.74, 6) is 0.568. The second-order valence-corrected chi connectivity index (χ2v) is 3.61. The van der Waals surface area contributed by atoms with Crippen LogP contribution in [-0.2, 0) is 11.8 Å². The Labute approximate surface area is 93.9 Å². The summed E-state index contributed by atoms with van der Waals surface area (Å²) in [6, 6.07) is 5.53. The lowest BCUT2D eigenvalue weighted by Crippen LogP contribution is -2.05. The molecule has 0 radical (unpaired) electrons. The second kappa shape index (κ2) is 3.96. The lowest BCUT2D eigenvalue weighted by molar-refractivity contribution is 0.0528. The molecule has 0 spiro atoms. The number of hydrogen-bond donors (Lipinski definition) is 0. The minimum Gasteiger partial charge on any atom is -0.462 e. The Kier molecular flexibility index (Phi) is 2.64. The summed E-state index contributed by atoms with van der Waals surface area (Å²) in [7, 11) is 1.93. The molecule has 1 heterocycles. The number of hydrogen-bond acceptors (Lipinski definition) is 3. The maximum Gasteiger partial charge on any atom is 0.340 e. The summed E-state index contributed by atoms with van der Waals surface area (Å²) >= 11 is 0. The van der Waals surface area contributed by atoms with E-state index in [-0.39, 0.29) is 5.97 Å². The van der Waals surface area contributed by atoms with Gasteiger partial charge in [0.1, 0.15) is 11.3 Å². The number of esters is 1. The molecule has 0 fully saturated rings. The van der Waals surface area contributed by atoms with E-state index in [1.165, 1.54) is 0 Å². The number of carbonyl (C=O) groups is 1. The van der Waals surface area contributed by atoms with E-state index in [2.05, 4.69) is 4.98 Å². The number of imidazole rings is 1. The molecule has 0 saturated heterocycles. The Hall–Kier alpha value is -1.84. The van der Waals surface area contributed by atoms with E-state index in [4.69, 9.17) is 4.74 Å². The van der Waals surface area contributed by atoms with E-state index in [0.29, 0.717) is 17.7 Å². The van der Waals surface area contributed by atoms with E-state index in [1.54, 1.807) is 13.0 Å². The predicted molar refractivity (Wildman–Crippen MR) is 61.4 cm³/mol. The van der Waals surface area contributed by atoms with E-state index < -0.39 is 0 Å². The van der Waals surface area contributed by atoms with E-state index in [9.17, 15) is 4.79 Å². The van der Waals surface area contributed by atoms with Gasteiger partial charge in [0, 0.05) is 7.05 Å². The van der Waals surface area contributed by atoms with Crippen molar-refractivity contribution in [1.29, 1.82) is 0 Å². The van der Waals surface area contributed by atoms with Gasteiger partial charge in [0.2, 0.25) is 0 Å². The lowest BCUT2D eigenvalue weighted by atomic mass is 10.2. The van der Waals surface area contributed by atoms with Crippen LogP contribution in [0.25, 0.3) is 11.0 Å². The van der Waals surface area contributed by atoms with Crippen LogP contribution in [0.15, 0.2) is 18.2 Å². The van der Waals surface area contributed by atoms with Crippen LogP contribution < -0.4 is 0 Å². The third kappa shape index (κ3) is 1.56. The van der Waals surface area contributed by atoms with Crippen LogP contribution >= 0.6 is 0 Å². The molecule has 0 aliphatic carbocycles. The van der Waals surface area contributed by atoms with Gasteiger partial charge in [-0.05, 0) is 26.0 Å². The largest absolute Gasteiger partial charge is 0.462 e. The van der Waals surface area contributed by atoms with Gasteiger partial charge in [0.05, 0.1) is 17.7 Å². The van der Waals surface area contributed by atoms with E-state index in [1.807, 2.05) is 30.7 Å². The normalized spacial score (nSPS) is 10.7. The SMILES string of the molecule is CCOC(=O)c1cccc2c1nc(C)n2C. The number of rotatable bonds is 2. The van der Waals surface area contributed by atoms with E-state index >= 15 is 0 Å². The lowest BCUT2D eigenvalue weighted by Gasteiger charge is -2.02. The Bertz CT molecular complexity index is 543. The van der Waals surface area contributed by atoms with Crippen molar-refractivity contribution in [2.45, 2.75) is 13.8 Å². The van der Waals surface area contributed by atoms with Crippen molar-refractivity contribution < 1.29 is 9.53 Å². The summed E-state index contributed by atoms with van der Waals surface area (Å²) in [5.41, 5.74) is 2.19. The maximum absolute atomic E-state index is 11.7. The number of ether oxygens (including phenoxy) is 1. The molecule has 0 bridgehead atoms. The average molecular weight is 218 g/mol. The quantitative estimate of drug-likeness (QED) is 0.725. The zero-order valence-electron chi connectivity index (χ0n) is 9.65. The standard InChI is InChI=1S/C12H14N2O2/c1-4-16-12(15)9-6-5-7-10-11(9)13-8(2)14(10)3/h5-7H,4H2,1-3H3. The van der Waals surface area contributed by atoms with Gasteiger partial charge < -0.3 is 9.30 Å². The molecule has 0 amide bonds. The molecule has 1 aromatic carbocycles. The van der Waals surface area contributed by atoms with Crippen molar-refractivity contribution >= 4 is 17.0 Å². The number of para-hydroxylation sites is 1. The first-order chi connectivity index (χ1) is 7.65. The molecule has 84 valence electrons. The zero-order valence-corrected chi connectivity index (χ0v) is 9.65. The molecule has 0 atom stereocenters. The summed E-state index contributed by atoms with van der Waals surface area (Å²) in [5, 5.41) is 0. The first kappa shape index (κ1) is 10.7. The molecule has 4 heteroatoms. The fraction of sp³-hybridized carbons (Fsp3) is 0.333. The van der Waals surface area contributed by atoms with Crippen LogP contribution in [0.2, 0.25) is 0 Å². The molecule has 0 saturated carbocycles. The van der Waals surface area contributed by atoms with Crippen molar-refractivity contribution in [1.82, 2.24) is 9.55 Å². The van der Waals surface area contributed by atoms with Crippen molar-refractivity contribution in [3.63, 3.8) is 0 Å². The molecule has 0 unspecified atom stereocenters. The average Bonchev–Trinajstić information content (AvgIpc) is 2.55. The predicted octanol–water partition coefficient (Wildman–Crippen LogP) is 2.06. The summed E-state index contributed by atoms with van der Waals surface area (Å²) in [4.78, 5) is 16.1. The molecular weight excluding hydrogens is 204 g/mol. The number of aryl methyl sites for hydroxylation is 2. The first-order valence-corrected chi connectivity index (χ1v) is 5.24. The summed E-state index contributed by atoms with van der Waals surface area (Å²) in [6.07, 6.45) is 0. The Morgan fingerprint density at radius 2 is 2.25 bits per heavy atom. The van der Waals surface area contributed by atoms with Gasteiger partial charge in [0.15, 0.2) is 0 Å². The van der Waals surface area contributed by atoms with Crippen LogP contribution in [0, 0.1) is 6.92 Å². The second-order valence-electron chi connectivity index (χ2n) is 3.61. The van der Waals surface area contributed by atoms with Crippen LogP contribution in [0.5, 0.6) is 0 Å². The molecule has 1 aromatic heterocycles. The molecule has 0 aliphatic rings. The highest BCUT2D eigenvalue weighted by molar-refractivity contribution is 6.02. The Morgan fingerprint density at radius 3 is 2.94 bits per heavy atom. The molecule has 2 rings (SSSR count). The first-order valence-electron chi connectivity index (χ1n) is 5.24. The van der Waals surface area contributed by atoms with Crippen molar-refractivity contribution in [2.24, 2.45) is 7.05 Å². The topological polar surface area (TPSA) is 44.1 Å². The number of fused-ring (bicyclic) bond motifs is 1. The van der Waals surface area contributed by atoms with Crippen molar-refractivity contribution in [3.8, 4) is 0 Å². The minimum absolute atomic E-state index is 0.314.